The topological polar surface area (TPSA) is 75.2 Å². The van der Waals surface area contributed by atoms with Gasteiger partial charge in [0.15, 0.2) is 5.96 Å². The number of amides is 1. The molecule has 2 N–H and O–H groups in total. The number of ether oxygens (including phenoxy) is 2. The van der Waals surface area contributed by atoms with Crippen molar-refractivity contribution >= 4 is 17.6 Å². The number of morpholine rings is 1. The van der Waals surface area contributed by atoms with Gasteiger partial charge in [-0.25, -0.2) is 4.39 Å². The van der Waals surface area contributed by atoms with E-state index in [2.05, 4.69) is 20.5 Å². The average Bonchev–Trinajstić information content (AvgIpc) is 3.19. The molecular weight excluding hydrogens is 339 g/mol. The molecule has 2 aliphatic heterocycles. The predicted octanol–water partition coefficient (Wildman–Crippen LogP) is 1.22. The van der Waals surface area contributed by atoms with Crippen LogP contribution in [0.2, 0.25) is 0 Å². The maximum atomic E-state index is 12.9. The Bertz CT molecular complexity index is 632. The van der Waals surface area contributed by atoms with E-state index in [1.165, 1.54) is 24.3 Å². The van der Waals surface area contributed by atoms with E-state index in [4.69, 9.17) is 9.47 Å². The van der Waals surface area contributed by atoms with Crippen molar-refractivity contribution in [3.8, 4) is 0 Å². The first-order chi connectivity index (χ1) is 12.7. The van der Waals surface area contributed by atoms with Gasteiger partial charge in [-0.05, 0) is 37.1 Å². The number of nitrogens with one attached hydrogen (secondary N) is 2. The molecule has 2 aliphatic rings. The van der Waals surface area contributed by atoms with E-state index >= 15 is 0 Å². The SMILES string of the molecule is CN=C(NCC(=O)Nc1ccc(F)cc1)N1CCOC(C2CCCO2)C1. The fourth-order valence-corrected chi connectivity index (χ4v) is 3.22. The number of nitrogens with zero attached hydrogens (tertiary/aromatic N) is 2. The molecule has 3 rings (SSSR count). The molecule has 0 radical (unpaired) electrons. The Morgan fingerprint density at radius 1 is 1.27 bits per heavy atom. The summed E-state index contributed by atoms with van der Waals surface area (Å²) in [5.74, 6) is 0.0990. The van der Waals surface area contributed by atoms with Crippen LogP contribution in [0.5, 0.6) is 0 Å². The van der Waals surface area contributed by atoms with Crippen molar-refractivity contribution in [1.29, 1.82) is 0 Å². The van der Waals surface area contributed by atoms with Gasteiger partial charge in [-0.15, -0.1) is 0 Å². The molecule has 2 saturated heterocycles. The first kappa shape index (κ1) is 18.6. The minimum Gasteiger partial charge on any atom is -0.375 e. The summed E-state index contributed by atoms with van der Waals surface area (Å²) in [4.78, 5) is 18.4. The number of carbonyl (C=O) groups is 1. The molecule has 7 nitrogen and oxygen atoms in total. The molecule has 2 fully saturated rings. The third-order valence-electron chi connectivity index (χ3n) is 4.52. The van der Waals surface area contributed by atoms with Crippen LogP contribution in [0.25, 0.3) is 0 Å². The molecule has 0 spiro atoms. The fourth-order valence-electron chi connectivity index (χ4n) is 3.22. The minimum atomic E-state index is -0.338. The predicted molar refractivity (Wildman–Crippen MR) is 96.7 cm³/mol. The van der Waals surface area contributed by atoms with Crippen LogP contribution in [0.4, 0.5) is 10.1 Å². The van der Waals surface area contributed by atoms with Crippen LogP contribution in [0.15, 0.2) is 29.3 Å². The minimum absolute atomic E-state index is 0.0258. The molecule has 0 saturated carbocycles. The molecule has 0 aromatic heterocycles. The van der Waals surface area contributed by atoms with Crippen LogP contribution in [-0.2, 0) is 14.3 Å². The van der Waals surface area contributed by atoms with Crippen molar-refractivity contribution in [2.45, 2.75) is 25.0 Å². The number of aliphatic imine (C=N–C) groups is 1. The van der Waals surface area contributed by atoms with Gasteiger partial charge in [-0.2, -0.15) is 0 Å². The van der Waals surface area contributed by atoms with Gasteiger partial charge in [0.05, 0.1) is 19.3 Å². The molecule has 1 amide bonds. The fraction of sp³-hybridized carbons (Fsp3) is 0.556. The van der Waals surface area contributed by atoms with Gasteiger partial charge in [0.25, 0.3) is 0 Å². The molecule has 0 aliphatic carbocycles. The number of hydrogen-bond acceptors (Lipinski definition) is 4. The van der Waals surface area contributed by atoms with Gasteiger partial charge >= 0.3 is 0 Å². The lowest BCUT2D eigenvalue weighted by atomic mass is 10.1. The number of anilines is 1. The summed E-state index contributed by atoms with van der Waals surface area (Å²) >= 11 is 0. The molecular formula is C18H25FN4O3. The molecule has 2 heterocycles. The van der Waals surface area contributed by atoms with Gasteiger partial charge in [0.1, 0.15) is 11.9 Å². The summed E-state index contributed by atoms with van der Waals surface area (Å²) in [6, 6.07) is 5.66. The number of halogens is 1. The zero-order valence-electron chi connectivity index (χ0n) is 14.9. The van der Waals surface area contributed by atoms with Crippen molar-refractivity contribution < 1.29 is 18.7 Å². The van der Waals surface area contributed by atoms with Gasteiger partial charge in [-0.3, -0.25) is 9.79 Å². The van der Waals surface area contributed by atoms with E-state index in [1.54, 1.807) is 7.05 Å². The van der Waals surface area contributed by atoms with E-state index < -0.39 is 0 Å². The molecule has 26 heavy (non-hydrogen) atoms. The smallest absolute Gasteiger partial charge is 0.243 e. The Kier molecular flexibility index (Phi) is 6.40. The van der Waals surface area contributed by atoms with Crippen LogP contribution < -0.4 is 10.6 Å². The number of guanidine groups is 1. The highest BCUT2D eigenvalue weighted by Gasteiger charge is 2.32. The quantitative estimate of drug-likeness (QED) is 0.621. The van der Waals surface area contributed by atoms with Gasteiger partial charge in [0, 0.05) is 32.4 Å². The highest BCUT2D eigenvalue weighted by Crippen LogP contribution is 2.21. The monoisotopic (exact) mass is 364 g/mol. The van der Waals surface area contributed by atoms with Gasteiger partial charge in [-0.1, -0.05) is 0 Å². The van der Waals surface area contributed by atoms with E-state index in [0.717, 1.165) is 19.4 Å². The number of benzene rings is 1. The van der Waals surface area contributed by atoms with Crippen molar-refractivity contribution in [1.82, 2.24) is 10.2 Å². The molecule has 1 aromatic rings. The highest BCUT2D eigenvalue weighted by atomic mass is 19.1. The lowest BCUT2D eigenvalue weighted by molar-refractivity contribution is -0.115. The number of carbonyl (C=O) groups excluding carboxylic acids is 1. The largest absolute Gasteiger partial charge is 0.375 e. The van der Waals surface area contributed by atoms with Crippen LogP contribution in [0, 0.1) is 5.82 Å². The molecule has 142 valence electrons. The first-order valence-electron chi connectivity index (χ1n) is 8.90. The molecule has 1 aromatic carbocycles. The zero-order chi connectivity index (χ0) is 18.4. The standard InChI is InChI=1S/C18H25FN4O3/c1-20-18(21-11-17(24)22-14-6-4-13(19)5-7-14)23-8-10-26-16(12-23)15-3-2-9-25-15/h4-7,15-16H,2-3,8-12H2,1H3,(H,20,21)(H,22,24). The maximum absolute atomic E-state index is 12.9. The Morgan fingerprint density at radius 3 is 2.73 bits per heavy atom. The Morgan fingerprint density at radius 2 is 2.04 bits per heavy atom. The van der Waals surface area contributed by atoms with E-state index in [9.17, 15) is 9.18 Å². The van der Waals surface area contributed by atoms with Crippen molar-refractivity contribution in [2.24, 2.45) is 4.99 Å². The summed E-state index contributed by atoms with van der Waals surface area (Å²) in [6.45, 7) is 2.87. The van der Waals surface area contributed by atoms with Crippen LogP contribution in [0.1, 0.15) is 12.8 Å². The number of rotatable bonds is 4. The Labute approximate surface area is 152 Å². The molecule has 8 heteroatoms. The van der Waals surface area contributed by atoms with Gasteiger partial charge < -0.3 is 25.0 Å². The van der Waals surface area contributed by atoms with Crippen LogP contribution >= 0.6 is 0 Å². The van der Waals surface area contributed by atoms with Crippen molar-refractivity contribution in [2.75, 3.05) is 45.2 Å². The zero-order valence-corrected chi connectivity index (χ0v) is 14.9. The maximum Gasteiger partial charge on any atom is 0.243 e. The van der Waals surface area contributed by atoms with E-state index in [-0.39, 0.29) is 30.5 Å². The Balaban J connectivity index is 1.49. The summed E-state index contributed by atoms with van der Waals surface area (Å²) in [5, 5.41) is 5.79. The molecule has 2 unspecified atom stereocenters. The van der Waals surface area contributed by atoms with Crippen LogP contribution in [-0.4, -0.2) is 68.9 Å². The van der Waals surface area contributed by atoms with E-state index in [1.807, 2.05) is 0 Å². The lowest BCUT2D eigenvalue weighted by Crippen LogP contribution is -2.54. The second-order valence-corrected chi connectivity index (χ2v) is 6.36. The normalized spacial score (nSPS) is 23.8. The van der Waals surface area contributed by atoms with Crippen molar-refractivity contribution in [3.05, 3.63) is 30.1 Å². The molecule has 2 atom stereocenters. The lowest BCUT2D eigenvalue weighted by Gasteiger charge is -2.37. The third-order valence-corrected chi connectivity index (χ3v) is 4.52. The summed E-state index contributed by atoms with van der Waals surface area (Å²) < 4.78 is 24.5. The second kappa shape index (κ2) is 8.95. The summed E-state index contributed by atoms with van der Waals surface area (Å²) in [7, 11) is 1.69. The second-order valence-electron chi connectivity index (χ2n) is 6.36. The average molecular weight is 364 g/mol. The van der Waals surface area contributed by atoms with Gasteiger partial charge in [0.2, 0.25) is 5.91 Å². The highest BCUT2D eigenvalue weighted by molar-refractivity contribution is 5.95. The first-order valence-corrected chi connectivity index (χ1v) is 8.90. The molecule has 0 bridgehead atoms. The van der Waals surface area contributed by atoms with Crippen molar-refractivity contribution in [3.63, 3.8) is 0 Å². The summed E-state index contributed by atoms with van der Waals surface area (Å²) in [5.41, 5.74) is 0.554. The third kappa shape index (κ3) is 4.92. The van der Waals surface area contributed by atoms with Crippen LogP contribution in [0.3, 0.4) is 0 Å². The summed E-state index contributed by atoms with van der Waals surface area (Å²) in [6.07, 6.45) is 2.25. The van der Waals surface area contributed by atoms with E-state index in [0.29, 0.717) is 31.3 Å². The number of hydrogen-bond donors (Lipinski definition) is 2. The Hall–Kier alpha value is -2.19.